The molecule has 7 N–H and O–H groups in total. The van der Waals surface area contributed by atoms with E-state index < -0.39 is 5.41 Å². The summed E-state index contributed by atoms with van der Waals surface area (Å²) in [5.41, 5.74) is 8.75. The van der Waals surface area contributed by atoms with Crippen molar-refractivity contribution in [1.82, 2.24) is 9.55 Å². The zero-order valence-electron chi connectivity index (χ0n) is 21.5. The molecule has 1 saturated carbocycles. The van der Waals surface area contributed by atoms with Crippen molar-refractivity contribution < 1.29 is 25.2 Å². The highest BCUT2D eigenvalue weighted by Crippen LogP contribution is 2.51. The molecule has 1 aliphatic carbocycles. The Morgan fingerprint density at radius 1 is 1.00 bits per heavy atom. The summed E-state index contributed by atoms with van der Waals surface area (Å²) in [4.78, 5) is 17.9. The number of carbonyl (C=O) groups excluding carboxylic acids is 1. The number of nitrogens with one attached hydrogen (secondary N) is 1. The van der Waals surface area contributed by atoms with Gasteiger partial charge in [0.15, 0.2) is 11.5 Å². The zero-order valence-corrected chi connectivity index (χ0v) is 22.4. The summed E-state index contributed by atoms with van der Waals surface area (Å²) >= 11 is 4.33. The van der Waals surface area contributed by atoms with Gasteiger partial charge in [0, 0.05) is 29.5 Å². The Labute approximate surface area is 233 Å². The Kier molecular flexibility index (Phi) is 10.1. The monoisotopic (exact) mass is 550 g/mol. The van der Waals surface area contributed by atoms with Gasteiger partial charge in [-0.25, -0.2) is 4.98 Å². The molecule has 1 amide bonds. The molecule has 3 aromatic carbocycles. The molecule has 6 rings (SSSR count). The molecular weight excluding hydrogens is 516 g/mol. The van der Waals surface area contributed by atoms with Crippen molar-refractivity contribution in [1.29, 1.82) is 0 Å². The van der Waals surface area contributed by atoms with E-state index in [2.05, 4.69) is 22.9 Å². The van der Waals surface area contributed by atoms with Crippen molar-refractivity contribution in [2.75, 3.05) is 18.7 Å². The number of nitrogens with zero attached hydrogens (tertiary/aromatic N) is 2. The highest BCUT2D eigenvalue weighted by atomic mass is 32.1. The molecule has 0 unspecified atom stereocenters. The number of imidazole rings is 1. The average Bonchev–Trinajstić information content (AvgIpc) is 3.32. The van der Waals surface area contributed by atoms with Gasteiger partial charge >= 0.3 is 0 Å². The smallest absolute Gasteiger partial charge is 0.235 e. The van der Waals surface area contributed by atoms with Gasteiger partial charge in [0.05, 0.1) is 11.7 Å². The van der Waals surface area contributed by atoms with E-state index in [1.807, 2.05) is 77.5 Å². The first kappa shape index (κ1) is 29.7. The molecule has 2 heterocycles. The fourth-order valence-corrected chi connectivity index (χ4v) is 4.49. The van der Waals surface area contributed by atoms with E-state index in [1.54, 1.807) is 12.5 Å². The van der Waals surface area contributed by atoms with Crippen LogP contribution < -0.4 is 20.5 Å². The Balaban J connectivity index is 0.000000329. The number of hydrogen-bond acceptors (Lipinski definition) is 6. The zero-order chi connectivity index (χ0) is 25.7. The van der Waals surface area contributed by atoms with Gasteiger partial charge in [-0.15, -0.1) is 12.6 Å². The molecule has 0 saturated heterocycles. The van der Waals surface area contributed by atoms with Crippen LogP contribution in [-0.4, -0.2) is 39.7 Å². The number of benzene rings is 3. The van der Waals surface area contributed by atoms with Gasteiger partial charge in [-0.2, -0.15) is 0 Å². The summed E-state index contributed by atoms with van der Waals surface area (Å²) < 4.78 is 12.9. The van der Waals surface area contributed by atoms with E-state index in [0.29, 0.717) is 5.75 Å². The van der Waals surface area contributed by atoms with Gasteiger partial charge in [-0.05, 0) is 78.9 Å². The maximum atomic E-state index is 13.1. The third-order valence-corrected chi connectivity index (χ3v) is 6.91. The number of rotatable bonds is 7. The lowest BCUT2D eigenvalue weighted by molar-refractivity contribution is -0.118. The van der Waals surface area contributed by atoms with Crippen LogP contribution in [0.25, 0.3) is 11.1 Å². The molecule has 0 bridgehead atoms. The number of hydrogen-bond donors (Lipinski definition) is 3. The van der Waals surface area contributed by atoms with Crippen LogP contribution in [0.3, 0.4) is 0 Å². The van der Waals surface area contributed by atoms with Gasteiger partial charge in [0.2, 0.25) is 12.7 Å². The van der Waals surface area contributed by atoms with E-state index in [1.165, 1.54) is 0 Å². The third-order valence-electron chi connectivity index (χ3n) is 6.61. The van der Waals surface area contributed by atoms with Crippen LogP contribution in [0.1, 0.15) is 24.8 Å². The fourth-order valence-electron chi connectivity index (χ4n) is 4.34. The Morgan fingerprint density at radius 2 is 1.77 bits per heavy atom. The number of carbonyl (C=O) groups is 1. The predicted octanol–water partition coefficient (Wildman–Crippen LogP) is 3.62. The molecule has 2 aliphatic rings. The molecule has 9 nitrogen and oxygen atoms in total. The van der Waals surface area contributed by atoms with Crippen molar-refractivity contribution in [3.05, 3.63) is 91.0 Å². The lowest BCUT2D eigenvalue weighted by atomic mass is 9.94. The number of amides is 1. The van der Waals surface area contributed by atoms with E-state index in [-0.39, 0.29) is 23.7 Å². The van der Waals surface area contributed by atoms with E-state index in [4.69, 9.17) is 15.2 Å². The lowest BCUT2D eigenvalue weighted by Crippen LogP contribution is -2.27. The van der Waals surface area contributed by atoms with E-state index in [0.717, 1.165) is 65.4 Å². The summed E-state index contributed by atoms with van der Waals surface area (Å²) in [7, 11) is 0. The number of thiol groups is 1. The van der Waals surface area contributed by atoms with E-state index in [9.17, 15) is 4.79 Å². The van der Waals surface area contributed by atoms with Crippen LogP contribution in [0.15, 0.2) is 90.3 Å². The number of ether oxygens (including phenoxy) is 2. The van der Waals surface area contributed by atoms with Crippen molar-refractivity contribution >= 4 is 24.2 Å². The summed E-state index contributed by atoms with van der Waals surface area (Å²) in [6.07, 6.45) is 8.21. The van der Waals surface area contributed by atoms with Crippen LogP contribution in [0.5, 0.6) is 11.5 Å². The van der Waals surface area contributed by atoms with Crippen LogP contribution in [0, 0.1) is 0 Å². The molecule has 4 aromatic rings. The van der Waals surface area contributed by atoms with Crippen LogP contribution in [-0.2, 0) is 16.8 Å². The van der Waals surface area contributed by atoms with Crippen LogP contribution >= 0.6 is 12.6 Å². The Bertz CT molecular complexity index is 1360. The van der Waals surface area contributed by atoms with Crippen molar-refractivity contribution in [2.45, 2.75) is 36.1 Å². The quantitative estimate of drug-likeness (QED) is 0.300. The second kappa shape index (κ2) is 13.3. The molecule has 39 heavy (non-hydrogen) atoms. The molecule has 0 atom stereocenters. The fraction of sp³-hybridized carbons (Fsp3) is 0.241. The third kappa shape index (κ3) is 6.98. The van der Waals surface area contributed by atoms with Crippen molar-refractivity contribution in [3.63, 3.8) is 0 Å². The number of fused-ring (bicyclic) bond motifs is 1. The maximum Gasteiger partial charge on any atom is 0.235 e. The largest absolute Gasteiger partial charge is 0.454 e. The van der Waals surface area contributed by atoms with Gasteiger partial charge in [-0.3, -0.25) is 4.79 Å². The Hall–Kier alpha value is -3.83. The molecule has 1 aliphatic heterocycles. The SMILES string of the molecule is NCCCn1ccnc1.O.O.O=C(Nc1cccc(-c2ccc(S)cc2)c1)C1(c2ccc3c(c2)OCO3)CC1. The topological polar surface area (TPSA) is 154 Å². The molecule has 0 radical (unpaired) electrons. The predicted molar refractivity (Wildman–Crippen MR) is 154 cm³/mol. The summed E-state index contributed by atoms with van der Waals surface area (Å²) in [6, 6.07) is 21.7. The summed E-state index contributed by atoms with van der Waals surface area (Å²) in [6.45, 7) is 1.97. The first-order valence-electron chi connectivity index (χ1n) is 12.3. The van der Waals surface area contributed by atoms with E-state index >= 15 is 0 Å². The van der Waals surface area contributed by atoms with Crippen LogP contribution in [0.2, 0.25) is 0 Å². The lowest BCUT2D eigenvalue weighted by Gasteiger charge is -2.17. The molecule has 0 spiro atoms. The minimum atomic E-state index is -0.481. The highest BCUT2D eigenvalue weighted by Gasteiger charge is 2.51. The number of aromatic nitrogens is 2. The van der Waals surface area contributed by atoms with Gasteiger partial charge in [0.25, 0.3) is 0 Å². The number of anilines is 1. The summed E-state index contributed by atoms with van der Waals surface area (Å²) in [5, 5.41) is 3.11. The minimum absolute atomic E-state index is 0. The number of aryl methyl sites for hydroxylation is 1. The molecular formula is C29H34N4O5S. The van der Waals surface area contributed by atoms with Gasteiger partial charge in [0.1, 0.15) is 0 Å². The summed E-state index contributed by atoms with van der Waals surface area (Å²) in [5.74, 6) is 1.47. The normalized spacial score (nSPS) is 13.7. The standard InChI is InChI=1S/C23H19NO3S.C6H11N3.2H2O/c25-22(23(10-11-23)17-6-9-20-21(13-17)27-14-26-20)24-18-3-1-2-16(12-18)15-4-7-19(28)8-5-15;7-2-1-4-9-5-3-8-6-9;;/h1-9,12-13,28H,10-11,14H2,(H,24,25);3,5-6H,1-2,4,7H2;2*1H2. The van der Waals surface area contributed by atoms with Gasteiger partial charge < -0.3 is 36.0 Å². The van der Waals surface area contributed by atoms with Crippen LogP contribution in [0.4, 0.5) is 5.69 Å². The van der Waals surface area contributed by atoms with Gasteiger partial charge in [-0.1, -0.05) is 30.3 Å². The Morgan fingerprint density at radius 3 is 2.46 bits per heavy atom. The van der Waals surface area contributed by atoms with Crippen molar-refractivity contribution in [3.8, 4) is 22.6 Å². The maximum absolute atomic E-state index is 13.1. The second-order valence-corrected chi connectivity index (χ2v) is 9.69. The molecule has 206 valence electrons. The second-order valence-electron chi connectivity index (χ2n) is 9.17. The highest BCUT2D eigenvalue weighted by molar-refractivity contribution is 7.80. The average molecular weight is 551 g/mol. The molecule has 1 aromatic heterocycles. The minimum Gasteiger partial charge on any atom is -0.454 e. The number of nitrogens with two attached hydrogens (primary N) is 1. The first-order chi connectivity index (χ1) is 18.1. The first-order valence-corrected chi connectivity index (χ1v) is 12.8. The molecule has 1 fully saturated rings. The van der Waals surface area contributed by atoms with Crippen molar-refractivity contribution in [2.24, 2.45) is 5.73 Å². The molecule has 10 heteroatoms.